The van der Waals surface area contributed by atoms with Crippen molar-refractivity contribution in [1.82, 2.24) is 15.6 Å². The van der Waals surface area contributed by atoms with Gasteiger partial charge in [0.05, 0.1) is 19.2 Å². The number of ether oxygens (including phenoxy) is 1. The van der Waals surface area contributed by atoms with Gasteiger partial charge >= 0.3 is 6.09 Å². The number of benzene rings is 1. The number of nitrogens with one attached hydrogen (secondary N) is 2. The number of hydrazone groups is 1. The minimum atomic E-state index is -0.608. The number of amides is 2. The first-order chi connectivity index (χ1) is 11.6. The summed E-state index contributed by atoms with van der Waals surface area (Å²) in [6.45, 7) is 1.96. The average Bonchev–Trinajstić information content (AvgIpc) is 2.96. The van der Waals surface area contributed by atoms with Gasteiger partial charge in [0.1, 0.15) is 5.01 Å². The maximum Gasteiger partial charge on any atom is 0.413 e. The molecular weight excluding hydrogens is 398 g/mol. The van der Waals surface area contributed by atoms with E-state index < -0.39 is 6.09 Å². The van der Waals surface area contributed by atoms with Gasteiger partial charge in [0.25, 0.3) is 0 Å². The van der Waals surface area contributed by atoms with Gasteiger partial charge in [-0.2, -0.15) is 5.10 Å². The Labute approximate surface area is 150 Å². The highest BCUT2D eigenvalue weighted by Crippen LogP contribution is 2.15. The van der Waals surface area contributed by atoms with Crippen molar-refractivity contribution in [3.05, 3.63) is 39.3 Å². The third-order valence-corrected chi connectivity index (χ3v) is 3.90. The first kappa shape index (κ1) is 18.0. The predicted molar refractivity (Wildman–Crippen MR) is 94.1 cm³/mol. The van der Waals surface area contributed by atoms with Crippen molar-refractivity contribution in [2.45, 2.75) is 13.3 Å². The van der Waals surface area contributed by atoms with Crippen molar-refractivity contribution in [2.75, 3.05) is 11.9 Å². The standard InChI is InChI=1S/C14H14BrN5O3S/c1-2-23-14(22)17-13-20-19-12(24-13)7-11(21)18-16-8-9-3-5-10(15)6-4-9/h3-6,8H,2,7H2,1H3,(H,18,21)(H,17,20,22)/b16-8-. The summed E-state index contributed by atoms with van der Waals surface area (Å²) in [5.74, 6) is -0.331. The van der Waals surface area contributed by atoms with Gasteiger partial charge in [0, 0.05) is 4.47 Å². The second kappa shape index (κ2) is 9.08. The molecule has 1 heterocycles. The molecule has 1 aromatic carbocycles. The molecule has 2 aromatic rings. The lowest BCUT2D eigenvalue weighted by molar-refractivity contribution is -0.120. The Morgan fingerprint density at radius 3 is 2.79 bits per heavy atom. The molecule has 1 aromatic heterocycles. The minimum Gasteiger partial charge on any atom is -0.450 e. The van der Waals surface area contributed by atoms with Crippen molar-refractivity contribution in [3.63, 3.8) is 0 Å². The minimum absolute atomic E-state index is 0.0137. The Morgan fingerprint density at radius 1 is 1.33 bits per heavy atom. The molecule has 0 saturated heterocycles. The zero-order chi connectivity index (χ0) is 17.4. The fourth-order valence-electron chi connectivity index (χ4n) is 1.53. The number of hydrogen-bond acceptors (Lipinski definition) is 7. The number of halogens is 1. The van der Waals surface area contributed by atoms with Crippen LogP contribution in [0.5, 0.6) is 0 Å². The van der Waals surface area contributed by atoms with Gasteiger partial charge in [0.2, 0.25) is 11.0 Å². The fraction of sp³-hybridized carbons (Fsp3) is 0.214. The van der Waals surface area contributed by atoms with Crippen molar-refractivity contribution in [2.24, 2.45) is 5.10 Å². The maximum atomic E-state index is 11.8. The summed E-state index contributed by atoms with van der Waals surface area (Å²) in [4.78, 5) is 23.0. The van der Waals surface area contributed by atoms with E-state index in [0.717, 1.165) is 21.4 Å². The van der Waals surface area contributed by atoms with E-state index in [0.29, 0.717) is 5.01 Å². The van der Waals surface area contributed by atoms with Crippen LogP contribution in [0.2, 0.25) is 0 Å². The molecule has 0 aliphatic rings. The van der Waals surface area contributed by atoms with Crippen LogP contribution in [0.1, 0.15) is 17.5 Å². The van der Waals surface area contributed by atoms with Crippen LogP contribution >= 0.6 is 27.3 Å². The molecule has 0 spiro atoms. The van der Waals surface area contributed by atoms with Gasteiger partial charge in [-0.05, 0) is 24.6 Å². The number of carbonyl (C=O) groups is 2. The Kier molecular flexibility index (Phi) is 6.82. The van der Waals surface area contributed by atoms with E-state index in [1.54, 1.807) is 6.92 Å². The summed E-state index contributed by atoms with van der Waals surface area (Å²) in [6, 6.07) is 7.47. The third kappa shape index (κ3) is 6.05. The zero-order valence-corrected chi connectivity index (χ0v) is 15.1. The molecule has 0 fully saturated rings. The zero-order valence-electron chi connectivity index (χ0n) is 12.7. The summed E-state index contributed by atoms with van der Waals surface area (Å²) < 4.78 is 5.69. The van der Waals surface area contributed by atoms with Gasteiger partial charge < -0.3 is 4.74 Å². The molecule has 0 saturated carbocycles. The van der Waals surface area contributed by atoms with Gasteiger partial charge in [0.15, 0.2) is 0 Å². The summed E-state index contributed by atoms with van der Waals surface area (Å²) in [7, 11) is 0. The highest BCUT2D eigenvalue weighted by Gasteiger charge is 2.11. The lowest BCUT2D eigenvalue weighted by Crippen LogP contribution is -2.19. The lowest BCUT2D eigenvalue weighted by atomic mass is 10.2. The van der Waals surface area contributed by atoms with Crippen LogP contribution in [0.4, 0.5) is 9.93 Å². The fourth-order valence-corrected chi connectivity index (χ4v) is 2.52. The smallest absolute Gasteiger partial charge is 0.413 e. The average molecular weight is 412 g/mol. The molecule has 2 N–H and O–H groups in total. The lowest BCUT2D eigenvalue weighted by Gasteiger charge is -1.99. The van der Waals surface area contributed by atoms with Crippen molar-refractivity contribution >= 4 is 50.6 Å². The molecular formula is C14H14BrN5O3S. The van der Waals surface area contributed by atoms with Gasteiger partial charge in [-0.15, -0.1) is 10.2 Å². The monoisotopic (exact) mass is 411 g/mol. The van der Waals surface area contributed by atoms with E-state index in [9.17, 15) is 9.59 Å². The van der Waals surface area contributed by atoms with E-state index in [2.05, 4.69) is 42.0 Å². The Bertz CT molecular complexity index is 732. The molecule has 0 atom stereocenters. The van der Waals surface area contributed by atoms with Gasteiger partial charge in [-0.1, -0.05) is 39.4 Å². The van der Waals surface area contributed by atoms with Crippen LogP contribution in [0.3, 0.4) is 0 Å². The van der Waals surface area contributed by atoms with Gasteiger partial charge in [-0.25, -0.2) is 10.2 Å². The molecule has 24 heavy (non-hydrogen) atoms. The van der Waals surface area contributed by atoms with Crippen LogP contribution in [0, 0.1) is 0 Å². The predicted octanol–water partition coefficient (Wildman–Crippen LogP) is 2.56. The van der Waals surface area contributed by atoms with Crippen LogP contribution in [0.25, 0.3) is 0 Å². The molecule has 0 aliphatic carbocycles. The first-order valence-corrected chi connectivity index (χ1v) is 8.51. The number of hydrogen-bond donors (Lipinski definition) is 2. The van der Waals surface area contributed by atoms with Crippen LogP contribution < -0.4 is 10.7 Å². The molecule has 2 amide bonds. The molecule has 0 bridgehead atoms. The summed E-state index contributed by atoms with van der Waals surface area (Å²) in [6.07, 6.45) is 0.946. The molecule has 126 valence electrons. The van der Waals surface area contributed by atoms with Crippen molar-refractivity contribution in [3.8, 4) is 0 Å². The summed E-state index contributed by atoms with van der Waals surface area (Å²) >= 11 is 4.43. The normalized spacial score (nSPS) is 10.6. The van der Waals surface area contributed by atoms with E-state index in [4.69, 9.17) is 4.74 Å². The SMILES string of the molecule is CCOC(=O)Nc1nnc(CC(=O)N/N=C\c2ccc(Br)cc2)s1. The highest BCUT2D eigenvalue weighted by molar-refractivity contribution is 9.10. The number of anilines is 1. The third-order valence-electron chi connectivity index (χ3n) is 2.54. The Hall–Kier alpha value is -2.33. The second-order valence-electron chi connectivity index (χ2n) is 4.37. The van der Waals surface area contributed by atoms with Crippen molar-refractivity contribution in [1.29, 1.82) is 0 Å². The van der Waals surface area contributed by atoms with Crippen LogP contribution in [-0.4, -0.2) is 35.0 Å². The van der Waals surface area contributed by atoms with Crippen molar-refractivity contribution < 1.29 is 14.3 Å². The summed E-state index contributed by atoms with van der Waals surface area (Å²) in [5, 5.41) is 14.6. The second-order valence-corrected chi connectivity index (χ2v) is 6.35. The topological polar surface area (TPSA) is 106 Å². The Morgan fingerprint density at radius 2 is 2.08 bits per heavy atom. The van der Waals surface area contributed by atoms with E-state index in [1.165, 1.54) is 6.21 Å². The number of nitrogens with zero attached hydrogens (tertiary/aromatic N) is 3. The van der Waals surface area contributed by atoms with E-state index >= 15 is 0 Å². The molecule has 10 heteroatoms. The van der Waals surface area contributed by atoms with E-state index in [-0.39, 0.29) is 24.1 Å². The van der Waals surface area contributed by atoms with Gasteiger partial charge in [-0.3, -0.25) is 10.1 Å². The Balaban J connectivity index is 1.81. The maximum absolute atomic E-state index is 11.8. The largest absolute Gasteiger partial charge is 0.450 e. The van der Waals surface area contributed by atoms with Crippen LogP contribution in [-0.2, 0) is 16.0 Å². The first-order valence-electron chi connectivity index (χ1n) is 6.90. The quantitative estimate of drug-likeness (QED) is 0.561. The van der Waals surface area contributed by atoms with E-state index in [1.807, 2.05) is 24.3 Å². The number of rotatable bonds is 6. The highest BCUT2D eigenvalue weighted by atomic mass is 79.9. The van der Waals surface area contributed by atoms with Crippen LogP contribution in [0.15, 0.2) is 33.8 Å². The molecule has 2 rings (SSSR count). The molecule has 0 aliphatic heterocycles. The molecule has 8 nitrogen and oxygen atoms in total. The molecule has 0 radical (unpaired) electrons. The molecule has 0 unspecified atom stereocenters. The number of carbonyl (C=O) groups excluding carboxylic acids is 2. The summed E-state index contributed by atoms with van der Waals surface area (Å²) in [5.41, 5.74) is 3.27. The number of aromatic nitrogens is 2.